The molecule has 2 heterocycles. The molecule has 3 rings (SSSR count). The van der Waals surface area contributed by atoms with Gasteiger partial charge in [-0.15, -0.1) is 11.3 Å². The lowest BCUT2D eigenvalue weighted by Crippen LogP contribution is -2.06. The Labute approximate surface area is 104 Å². The van der Waals surface area contributed by atoms with Crippen LogP contribution in [0.5, 0.6) is 0 Å². The van der Waals surface area contributed by atoms with Crippen molar-refractivity contribution in [2.24, 2.45) is 0 Å². The molecule has 0 radical (unpaired) electrons. The summed E-state index contributed by atoms with van der Waals surface area (Å²) in [5, 5.41) is 2.78. The molecule has 2 aromatic rings. The number of hydrogen-bond donors (Lipinski definition) is 1. The van der Waals surface area contributed by atoms with Crippen molar-refractivity contribution < 1.29 is 0 Å². The zero-order chi connectivity index (χ0) is 11.7. The summed E-state index contributed by atoms with van der Waals surface area (Å²) in [6.07, 6.45) is 7.44. The molecule has 0 unspecified atom stereocenters. The Kier molecular flexibility index (Phi) is 2.76. The highest BCUT2D eigenvalue weighted by Gasteiger charge is 2.16. The lowest BCUT2D eigenvalue weighted by Gasteiger charge is -2.08. The number of aromatic nitrogens is 3. The molecule has 0 amide bonds. The first-order valence-corrected chi connectivity index (χ1v) is 6.77. The van der Waals surface area contributed by atoms with Gasteiger partial charge < -0.3 is 5.73 Å². The molecule has 88 valence electrons. The van der Waals surface area contributed by atoms with Crippen LogP contribution in [0.25, 0.3) is 10.8 Å². The van der Waals surface area contributed by atoms with Crippen molar-refractivity contribution in [3.8, 4) is 10.8 Å². The van der Waals surface area contributed by atoms with Gasteiger partial charge in [0.25, 0.3) is 0 Å². The summed E-state index contributed by atoms with van der Waals surface area (Å²) in [7, 11) is 0. The first-order chi connectivity index (χ1) is 8.34. The van der Waals surface area contributed by atoms with Crippen molar-refractivity contribution >= 4 is 17.2 Å². The maximum atomic E-state index is 6.04. The van der Waals surface area contributed by atoms with Gasteiger partial charge >= 0.3 is 0 Å². The van der Waals surface area contributed by atoms with E-state index in [-0.39, 0.29) is 0 Å². The molecular formula is C12H14N4S. The van der Waals surface area contributed by atoms with Crippen LogP contribution in [-0.2, 0) is 12.8 Å². The smallest absolute Gasteiger partial charge is 0.190 e. The van der Waals surface area contributed by atoms with Gasteiger partial charge in [-0.25, -0.2) is 15.0 Å². The maximum Gasteiger partial charge on any atom is 0.190 e. The van der Waals surface area contributed by atoms with Crippen LogP contribution in [0.4, 0.5) is 5.82 Å². The van der Waals surface area contributed by atoms with Crippen LogP contribution < -0.4 is 5.73 Å². The van der Waals surface area contributed by atoms with Crippen LogP contribution in [0.3, 0.4) is 0 Å². The third kappa shape index (κ3) is 2.02. The first-order valence-electron chi connectivity index (χ1n) is 5.90. The summed E-state index contributed by atoms with van der Waals surface area (Å²) in [5.74, 6) is 1.32. The zero-order valence-corrected chi connectivity index (χ0v) is 10.3. The van der Waals surface area contributed by atoms with E-state index >= 15 is 0 Å². The first kappa shape index (κ1) is 10.7. The Hall–Kier alpha value is -1.49. The van der Waals surface area contributed by atoms with Crippen molar-refractivity contribution in [3.05, 3.63) is 22.8 Å². The molecule has 2 aromatic heterocycles. The number of rotatable bonds is 1. The van der Waals surface area contributed by atoms with E-state index in [0.29, 0.717) is 11.6 Å². The monoisotopic (exact) mass is 246 g/mol. The molecule has 4 nitrogen and oxygen atoms in total. The fourth-order valence-electron chi connectivity index (χ4n) is 2.23. The van der Waals surface area contributed by atoms with Gasteiger partial charge in [0.2, 0.25) is 0 Å². The van der Waals surface area contributed by atoms with Crippen LogP contribution in [0.2, 0.25) is 0 Å². The van der Waals surface area contributed by atoms with Crippen LogP contribution in [0.1, 0.15) is 30.5 Å². The van der Waals surface area contributed by atoms with Gasteiger partial charge in [0.1, 0.15) is 5.82 Å². The molecule has 0 atom stereocenters. The van der Waals surface area contributed by atoms with Crippen LogP contribution in [-0.4, -0.2) is 15.0 Å². The molecule has 0 saturated heterocycles. The highest BCUT2D eigenvalue weighted by Crippen LogP contribution is 2.26. The van der Waals surface area contributed by atoms with Gasteiger partial charge in [-0.05, 0) is 25.7 Å². The predicted octanol–water partition coefficient (Wildman–Crippen LogP) is 2.45. The number of nitrogens with two attached hydrogens (primary N) is 1. The van der Waals surface area contributed by atoms with E-state index in [0.717, 1.165) is 29.1 Å². The average Bonchev–Trinajstić information content (AvgIpc) is 2.75. The second kappa shape index (κ2) is 4.41. The summed E-state index contributed by atoms with van der Waals surface area (Å²) >= 11 is 1.55. The molecule has 17 heavy (non-hydrogen) atoms. The van der Waals surface area contributed by atoms with Crippen molar-refractivity contribution in [1.82, 2.24) is 15.0 Å². The molecule has 0 bridgehead atoms. The van der Waals surface area contributed by atoms with Gasteiger partial charge in [-0.2, -0.15) is 0 Å². The maximum absolute atomic E-state index is 6.04. The molecule has 1 aliphatic rings. The lowest BCUT2D eigenvalue weighted by atomic mass is 10.1. The Balaban J connectivity index is 2.09. The Morgan fingerprint density at radius 3 is 2.82 bits per heavy atom. The van der Waals surface area contributed by atoms with Gasteiger partial charge in [0.15, 0.2) is 10.8 Å². The molecule has 0 spiro atoms. The minimum absolute atomic E-state index is 0.641. The Morgan fingerprint density at radius 2 is 2.00 bits per heavy atom. The van der Waals surface area contributed by atoms with Crippen molar-refractivity contribution in [3.63, 3.8) is 0 Å². The second-order valence-electron chi connectivity index (χ2n) is 4.26. The number of aryl methyl sites for hydroxylation is 1. The molecule has 2 N–H and O–H groups in total. The van der Waals surface area contributed by atoms with E-state index < -0.39 is 0 Å². The largest absolute Gasteiger partial charge is 0.383 e. The van der Waals surface area contributed by atoms with Crippen molar-refractivity contribution in [1.29, 1.82) is 0 Å². The van der Waals surface area contributed by atoms with E-state index in [1.54, 1.807) is 17.5 Å². The van der Waals surface area contributed by atoms with E-state index in [1.807, 2.05) is 5.38 Å². The molecule has 0 aromatic carbocycles. The normalized spacial score (nSPS) is 15.3. The van der Waals surface area contributed by atoms with Gasteiger partial charge in [-0.1, -0.05) is 6.42 Å². The van der Waals surface area contributed by atoms with Crippen LogP contribution >= 0.6 is 11.3 Å². The fraction of sp³-hybridized carbons (Fsp3) is 0.417. The third-order valence-electron chi connectivity index (χ3n) is 3.09. The third-order valence-corrected chi connectivity index (χ3v) is 3.86. The summed E-state index contributed by atoms with van der Waals surface area (Å²) in [5.41, 5.74) is 8.32. The highest BCUT2D eigenvalue weighted by molar-refractivity contribution is 7.13. The number of anilines is 1. The minimum Gasteiger partial charge on any atom is -0.383 e. The Morgan fingerprint density at radius 1 is 1.12 bits per heavy atom. The topological polar surface area (TPSA) is 64.7 Å². The number of nitrogen functional groups attached to an aromatic ring is 1. The fourth-order valence-corrected chi connectivity index (χ4v) is 2.80. The Bertz CT molecular complexity index is 522. The highest BCUT2D eigenvalue weighted by atomic mass is 32.1. The molecule has 0 aliphatic heterocycles. The molecule has 5 heteroatoms. The van der Waals surface area contributed by atoms with Crippen LogP contribution in [0, 0.1) is 0 Å². The summed E-state index contributed by atoms with van der Waals surface area (Å²) < 4.78 is 0. The molecule has 1 aliphatic carbocycles. The van der Waals surface area contributed by atoms with E-state index in [4.69, 9.17) is 5.73 Å². The van der Waals surface area contributed by atoms with Gasteiger partial charge in [-0.3, -0.25) is 0 Å². The lowest BCUT2D eigenvalue weighted by molar-refractivity contribution is 0.709. The quantitative estimate of drug-likeness (QED) is 0.785. The zero-order valence-electron chi connectivity index (χ0n) is 9.52. The second-order valence-corrected chi connectivity index (χ2v) is 5.15. The number of nitrogens with zero attached hydrogens (tertiary/aromatic N) is 3. The van der Waals surface area contributed by atoms with Gasteiger partial charge in [0, 0.05) is 22.8 Å². The molecule has 0 saturated carbocycles. The summed E-state index contributed by atoms with van der Waals surface area (Å²) in [6.45, 7) is 0. The average molecular weight is 246 g/mol. The SMILES string of the molecule is Nc1nc(-c2nccs2)nc2c1CCCCC2. The van der Waals surface area contributed by atoms with E-state index in [9.17, 15) is 0 Å². The standard InChI is InChI=1S/C12H14N4S/c13-10-8-4-2-1-3-5-9(8)15-11(16-10)12-14-6-7-17-12/h6-7H,1-5H2,(H2,13,15,16). The molecular weight excluding hydrogens is 232 g/mol. The summed E-state index contributed by atoms with van der Waals surface area (Å²) in [4.78, 5) is 13.3. The molecule has 0 fully saturated rings. The van der Waals surface area contributed by atoms with Crippen molar-refractivity contribution in [2.45, 2.75) is 32.1 Å². The van der Waals surface area contributed by atoms with E-state index in [2.05, 4.69) is 15.0 Å². The minimum atomic E-state index is 0.641. The van der Waals surface area contributed by atoms with E-state index in [1.165, 1.54) is 19.3 Å². The predicted molar refractivity (Wildman–Crippen MR) is 68.8 cm³/mol. The number of fused-ring (bicyclic) bond motifs is 1. The van der Waals surface area contributed by atoms with Crippen LogP contribution in [0.15, 0.2) is 11.6 Å². The van der Waals surface area contributed by atoms with Crippen molar-refractivity contribution in [2.75, 3.05) is 5.73 Å². The summed E-state index contributed by atoms with van der Waals surface area (Å²) in [6, 6.07) is 0. The van der Waals surface area contributed by atoms with Gasteiger partial charge in [0.05, 0.1) is 0 Å². The number of hydrogen-bond acceptors (Lipinski definition) is 5. The number of thiazole rings is 1.